The van der Waals surface area contributed by atoms with Crippen molar-refractivity contribution >= 4 is 11.6 Å². The number of alkyl halides is 2. The molecule has 0 unspecified atom stereocenters. The summed E-state index contributed by atoms with van der Waals surface area (Å²) < 4.78 is 29.1. The van der Waals surface area contributed by atoms with Gasteiger partial charge in [-0.3, -0.25) is 4.90 Å². The normalized spacial score (nSPS) is 11.1. The van der Waals surface area contributed by atoms with E-state index in [9.17, 15) is 8.78 Å². The molecule has 6 heteroatoms. The lowest BCUT2D eigenvalue weighted by atomic mass is 10.2. The number of aliphatic hydroxyl groups is 1. The average Bonchev–Trinajstić information content (AvgIpc) is 2.33. The van der Waals surface area contributed by atoms with Crippen LogP contribution >= 0.6 is 11.6 Å². The molecule has 0 bridgehead atoms. The van der Waals surface area contributed by atoms with E-state index in [1.807, 2.05) is 4.90 Å². The molecule has 0 radical (unpaired) electrons. The number of benzene rings is 1. The van der Waals surface area contributed by atoms with Gasteiger partial charge in [-0.15, -0.1) is 6.58 Å². The van der Waals surface area contributed by atoms with Crippen molar-refractivity contribution in [1.29, 1.82) is 0 Å². The fourth-order valence-corrected chi connectivity index (χ4v) is 1.88. The van der Waals surface area contributed by atoms with Crippen LogP contribution in [0.4, 0.5) is 8.78 Å². The second-order valence-corrected chi connectivity index (χ2v) is 4.31. The highest BCUT2D eigenvalue weighted by Crippen LogP contribution is 2.25. The lowest BCUT2D eigenvalue weighted by Crippen LogP contribution is -2.27. The van der Waals surface area contributed by atoms with E-state index in [0.717, 1.165) is 0 Å². The van der Waals surface area contributed by atoms with Crippen molar-refractivity contribution in [1.82, 2.24) is 4.90 Å². The van der Waals surface area contributed by atoms with Gasteiger partial charge in [-0.25, -0.2) is 0 Å². The summed E-state index contributed by atoms with van der Waals surface area (Å²) in [5, 5.41) is 9.40. The third-order valence-corrected chi connectivity index (χ3v) is 2.67. The van der Waals surface area contributed by atoms with Gasteiger partial charge in [0.05, 0.1) is 6.61 Å². The second-order valence-electron chi connectivity index (χ2n) is 3.88. The molecule has 0 saturated carbocycles. The van der Waals surface area contributed by atoms with Crippen LogP contribution in [-0.4, -0.2) is 36.3 Å². The maximum atomic E-state index is 12.3. The van der Waals surface area contributed by atoms with Gasteiger partial charge in [-0.2, -0.15) is 8.78 Å². The van der Waals surface area contributed by atoms with Gasteiger partial charge in [0.1, 0.15) is 5.75 Å². The molecular weight excluding hydrogens is 276 g/mol. The molecule has 106 valence electrons. The number of rotatable bonds is 8. The molecule has 0 fully saturated rings. The van der Waals surface area contributed by atoms with Gasteiger partial charge in [-0.05, 0) is 18.2 Å². The number of halogens is 3. The molecule has 0 aromatic heterocycles. The molecule has 0 amide bonds. The molecule has 1 aromatic carbocycles. The molecule has 1 N–H and O–H groups in total. The van der Waals surface area contributed by atoms with Crippen LogP contribution in [0.3, 0.4) is 0 Å². The van der Waals surface area contributed by atoms with Gasteiger partial charge >= 0.3 is 6.61 Å². The molecule has 3 nitrogen and oxygen atoms in total. The zero-order valence-corrected chi connectivity index (χ0v) is 11.1. The minimum Gasteiger partial charge on any atom is -0.434 e. The lowest BCUT2D eigenvalue weighted by Gasteiger charge is -2.21. The third kappa shape index (κ3) is 5.55. The summed E-state index contributed by atoms with van der Waals surface area (Å²) >= 11 is 5.86. The summed E-state index contributed by atoms with van der Waals surface area (Å²) in [5.74, 6) is 0.0893. The summed E-state index contributed by atoms with van der Waals surface area (Å²) in [6.07, 6.45) is 1.67. The van der Waals surface area contributed by atoms with Crippen LogP contribution in [0.2, 0.25) is 5.02 Å². The summed E-state index contributed by atoms with van der Waals surface area (Å²) in [7, 11) is 0. The molecule has 0 aliphatic rings. The molecule has 0 spiro atoms. The van der Waals surface area contributed by atoms with E-state index in [1.54, 1.807) is 12.1 Å². The van der Waals surface area contributed by atoms with Crippen LogP contribution in [0.15, 0.2) is 30.9 Å². The van der Waals surface area contributed by atoms with Crippen molar-refractivity contribution in [2.75, 3.05) is 19.7 Å². The average molecular weight is 292 g/mol. The number of nitrogens with zero attached hydrogens (tertiary/aromatic N) is 1. The van der Waals surface area contributed by atoms with Crippen LogP contribution in [0, 0.1) is 0 Å². The Bertz CT molecular complexity index is 416. The Morgan fingerprint density at radius 3 is 2.79 bits per heavy atom. The fourth-order valence-electron chi connectivity index (χ4n) is 1.68. The summed E-state index contributed by atoms with van der Waals surface area (Å²) in [4.78, 5) is 1.84. The monoisotopic (exact) mass is 291 g/mol. The van der Waals surface area contributed by atoms with E-state index in [1.165, 1.54) is 12.1 Å². The summed E-state index contributed by atoms with van der Waals surface area (Å²) in [6.45, 7) is 1.98. The van der Waals surface area contributed by atoms with Gasteiger partial charge in [-0.1, -0.05) is 17.7 Å². The van der Waals surface area contributed by atoms with Crippen molar-refractivity contribution < 1.29 is 18.6 Å². The van der Waals surface area contributed by atoms with Crippen molar-refractivity contribution in [3.05, 3.63) is 41.4 Å². The Morgan fingerprint density at radius 2 is 2.21 bits per heavy atom. The Balaban J connectivity index is 2.89. The first-order valence-electron chi connectivity index (χ1n) is 5.74. The molecule has 0 saturated heterocycles. The minimum absolute atomic E-state index is 0.0283. The maximum absolute atomic E-state index is 12.3. The molecule has 1 rings (SSSR count). The van der Waals surface area contributed by atoms with Crippen molar-refractivity contribution in [3.8, 4) is 5.75 Å². The van der Waals surface area contributed by atoms with E-state index in [0.29, 0.717) is 30.2 Å². The first kappa shape index (κ1) is 15.9. The van der Waals surface area contributed by atoms with Crippen LogP contribution in [0.1, 0.15) is 5.56 Å². The van der Waals surface area contributed by atoms with E-state index in [-0.39, 0.29) is 12.4 Å². The lowest BCUT2D eigenvalue weighted by molar-refractivity contribution is -0.0507. The molecule has 0 aliphatic heterocycles. The Labute approximate surface area is 116 Å². The van der Waals surface area contributed by atoms with Crippen LogP contribution in [0.25, 0.3) is 0 Å². The van der Waals surface area contributed by atoms with Crippen LogP contribution < -0.4 is 4.74 Å². The first-order chi connectivity index (χ1) is 9.06. The van der Waals surface area contributed by atoms with Crippen molar-refractivity contribution in [2.24, 2.45) is 0 Å². The van der Waals surface area contributed by atoms with Gasteiger partial charge < -0.3 is 9.84 Å². The van der Waals surface area contributed by atoms with Gasteiger partial charge in [0.2, 0.25) is 0 Å². The molecule has 0 atom stereocenters. The van der Waals surface area contributed by atoms with Crippen molar-refractivity contribution in [3.63, 3.8) is 0 Å². The Kier molecular flexibility index (Phi) is 6.77. The molecule has 19 heavy (non-hydrogen) atoms. The third-order valence-electron chi connectivity index (χ3n) is 2.44. The minimum atomic E-state index is -2.88. The molecule has 0 heterocycles. The zero-order chi connectivity index (χ0) is 14.3. The van der Waals surface area contributed by atoms with Crippen LogP contribution in [0.5, 0.6) is 5.75 Å². The largest absolute Gasteiger partial charge is 0.434 e. The quantitative estimate of drug-likeness (QED) is 0.748. The van der Waals surface area contributed by atoms with Gasteiger partial charge in [0.25, 0.3) is 0 Å². The summed E-state index contributed by atoms with van der Waals surface area (Å²) in [5.41, 5.74) is 0.545. The molecular formula is C13H16ClF2NO2. The van der Waals surface area contributed by atoms with E-state index >= 15 is 0 Å². The zero-order valence-electron chi connectivity index (χ0n) is 10.4. The van der Waals surface area contributed by atoms with Gasteiger partial charge in [0.15, 0.2) is 0 Å². The number of hydrogen-bond donors (Lipinski definition) is 1. The van der Waals surface area contributed by atoms with E-state index in [2.05, 4.69) is 11.3 Å². The highest BCUT2D eigenvalue weighted by molar-refractivity contribution is 6.30. The number of aliphatic hydroxyl groups excluding tert-OH is 1. The van der Waals surface area contributed by atoms with Crippen molar-refractivity contribution in [2.45, 2.75) is 13.2 Å². The molecule has 0 aliphatic carbocycles. The first-order valence-corrected chi connectivity index (χ1v) is 6.12. The number of hydrogen-bond acceptors (Lipinski definition) is 3. The predicted molar refractivity (Wildman–Crippen MR) is 70.6 cm³/mol. The summed E-state index contributed by atoms with van der Waals surface area (Å²) in [6, 6.07) is 4.48. The van der Waals surface area contributed by atoms with E-state index in [4.69, 9.17) is 16.7 Å². The molecule has 1 aromatic rings. The SMILES string of the molecule is C=CCN(CCO)Cc1cc(Cl)ccc1OC(F)F. The Morgan fingerprint density at radius 1 is 1.47 bits per heavy atom. The number of ether oxygens (including phenoxy) is 1. The maximum Gasteiger partial charge on any atom is 0.387 e. The highest BCUT2D eigenvalue weighted by atomic mass is 35.5. The van der Waals surface area contributed by atoms with Gasteiger partial charge in [0, 0.05) is 30.2 Å². The van der Waals surface area contributed by atoms with Crippen LogP contribution in [-0.2, 0) is 6.54 Å². The topological polar surface area (TPSA) is 32.7 Å². The highest BCUT2D eigenvalue weighted by Gasteiger charge is 2.13. The fraction of sp³-hybridized carbons (Fsp3) is 0.385. The standard InChI is InChI=1S/C13H16ClF2NO2/c1-2-5-17(6-7-18)9-10-8-11(14)3-4-12(10)19-13(15)16/h2-4,8,13,18H,1,5-7,9H2. The predicted octanol–water partition coefficient (Wildman–Crippen LogP) is 2.92. The van der Waals surface area contributed by atoms with E-state index < -0.39 is 6.61 Å². The smallest absolute Gasteiger partial charge is 0.387 e. The Hall–Kier alpha value is -1.17. The second kappa shape index (κ2) is 8.09.